The normalized spacial score (nSPS) is 30.0. The molecular formula is C22H28BrNOS. The fraction of sp³-hybridized carbons (Fsp3) is 0.545. The van der Waals surface area contributed by atoms with Crippen LogP contribution in [0.15, 0.2) is 35.7 Å². The standard InChI is InChI=1S/C22H27NOS.BrH/c1-24-17-8-7-16-13-21-19-6-2-3-9-22(19,20(16)14-17)10-11-23(21)15-18-5-4-12-25-18;/h4-5,7-8,12,14,19,21H,2-3,6,9-11,13,15H2,1H3;1H/t19-,21+,22+;/m0./s1. The number of hydrogen-bond donors (Lipinski definition) is 0. The Bertz CT molecular complexity index is 762. The smallest absolute Gasteiger partial charge is 0.119 e. The number of halogens is 1. The van der Waals surface area contributed by atoms with Crippen LogP contribution in [0.1, 0.15) is 48.1 Å². The van der Waals surface area contributed by atoms with Crippen LogP contribution in [0.25, 0.3) is 0 Å². The minimum atomic E-state index is 0. The first-order chi connectivity index (χ1) is 12.3. The van der Waals surface area contributed by atoms with E-state index in [-0.39, 0.29) is 17.0 Å². The van der Waals surface area contributed by atoms with Gasteiger partial charge in [-0.15, -0.1) is 28.3 Å². The second-order valence-corrected chi connectivity index (χ2v) is 9.14. The van der Waals surface area contributed by atoms with Gasteiger partial charge in [-0.1, -0.05) is 25.0 Å². The number of methoxy groups -OCH3 is 1. The average molecular weight is 434 g/mol. The maximum absolute atomic E-state index is 5.58. The highest BCUT2D eigenvalue weighted by Gasteiger charge is 2.53. The van der Waals surface area contributed by atoms with Crippen molar-refractivity contribution in [2.75, 3.05) is 13.7 Å². The Hall–Kier alpha value is -0.840. The summed E-state index contributed by atoms with van der Waals surface area (Å²) in [7, 11) is 1.80. The molecule has 26 heavy (non-hydrogen) atoms. The van der Waals surface area contributed by atoms with Crippen LogP contribution in [0.2, 0.25) is 0 Å². The molecule has 0 amide bonds. The van der Waals surface area contributed by atoms with Crippen molar-refractivity contribution in [3.63, 3.8) is 0 Å². The van der Waals surface area contributed by atoms with E-state index in [4.69, 9.17) is 4.74 Å². The van der Waals surface area contributed by atoms with Crippen molar-refractivity contribution in [2.45, 2.75) is 56.5 Å². The molecule has 0 spiro atoms. The van der Waals surface area contributed by atoms with Crippen LogP contribution in [0.4, 0.5) is 0 Å². The van der Waals surface area contributed by atoms with Crippen molar-refractivity contribution in [3.8, 4) is 5.75 Å². The van der Waals surface area contributed by atoms with Gasteiger partial charge in [-0.05, 0) is 72.9 Å². The number of hydrogen-bond acceptors (Lipinski definition) is 3. The maximum Gasteiger partial charge on any atom is 0.119 e. The Morgan fingerprint density at radius 2 is 2.15 bits per heavy atom. The first kappa shape index (κ1) is 18.5. The van der Waals surface area contributed by atoms with Gasteiger partial charge in [0.2, 0.25) is 0 Å². The van der Waals surface area contributed by atoms with E-state index < -0.39 is 0 Å². The van der Waals surface area contributed by atoms with Crippen LogP contribution in [-0.4, -0.2) is 24.6 Å². The number of ether oxygens (including phenoxy) is 1. The number of benzene rings is 1. The van der Waals surface area contributed by atoms with Crippen LogP contribution in [-0.2, 0) is 18.4 Å². The molecule has 1 aliphatic heterocycles. The topological polar surface area (TPSA) is 12.5 Å². The number of thiophene rings is 1. The summed E-state index contributed by atoms with van der Waals surface area (Å²) in [6.07, 6.45) is 8.13. The summed E-state index contributed by atoms with van der Waals surface area (Å²) in [5.74, 6) is 1.87. The Kier molecular flexibility index (Phi) is 5.19. The zero-order valence-electron chi connectivity index (χ0n) is 15.4. The lowest BCUT2D eigenvalue weighted by Crippen LogP contribution is -2.60. The van der Waals surface area contributed by atoms with Gasteiger partial charge in [-0.25, -0.2) is 0 Å². The number of rotatable bonds is 3. The molecule has 0 radical (unpaired) electrons. The van der Waals surface area contributed by atoms with Crippen LogP contribution in [0.5, 0.6) is 5.75 Å². The average Bonchev–Trinajstić information content (AvgIpc) is 3.17. The predicted molar refractivity (Wildman–Crippen MR) is 114 cm³/mol. The van der Waals surface area contributed by atoms with E-state index in [2.05, 4.69) is 40.6 Å². The monoisotopic (exact) mass is 433 g/mol. The number of fused-ring (bicyclic) bond motifs is 1. The second kappa shape index (κ2) is 7.29. The molecule has 3 atom stereocenters. The highest BCUT2D eigenvalue weighted by Crippen LogP contribution is 2.56. The minimum Gasteiger partial charge on any atom is -0.497 e. The number of likely N-dealkylation sites (tertiary alicyclic amines) is 1. The highest BCUT2D eigenvalue weighted by atomic mass is 79.9. The van der Waals surface area contributed by atoms with Crippen molar-refractivity contribution in [2.24, 2.45) is 5.92 Å². The Labute approximate surface area is 171 Å². The van der Waals surface area contributed by atoms with E-state index in [1.165, 1.54) is 49.9 Å². The second-order valence-electron chi connectivity index (χ2n) is 8.10. The van der Waals surface area contributed by atoms with E-state index in [0.717, 1.165) is 24.3 Å². The molecule has 1 aromatic heterocycles. The summed E-state index contributed by atoms with van der Waals surface area (Å²) < 4.78 is 5.58. The Balaban J connectivity index is 0.00000168. The SMILES string of the molecule is Br.COc1ccc2c(c1)[C@@]13CCCC[C@H]1[C@@H](C2)N(Cc1cccs1)CC3. The summed E-state index contributed by atoms with van der Waals surface area (Å²) in [4.78, 5) is 4.32. The third-order valence-electron chi connectivity index (χ3n) is 7.10. The van der Waals surface area contributed by atoms with Gasteiger partial charge in [0, 0.05) is 22.9 Å². The van der Waals surface area contributed by atoms with Crippen LogP contribution in [0.3, 0.4) is 0 Å². The van der Waals surface area contributed by atoms with Crippen molar-refractivity contribution in [3.05, 3.63) is 51.7 Å². The molecule has 140 valence electrons. The van der Waals surface area contributed by atoms with Crippen molar-refractivity contribution in [1.29, 1.82) is 0 Å². The fourth-order valence-corrected chi connectivity index (χ4v) is 6.72. The van der Waals surface area contributed by atoms with Gasteiger partial charge in [0.05, 0.1) is 7.11 Å². The summed E-state index contributed by atoms with van der Waals surface area (Å²) in [6, 6.07) is 12.1. The van der Waals surface area contributed by atoms with E-state index in [1.807, 2.05) is 11.3 Å². The molecule has 2 heterocycles. The molecule has 0 unspecified atom stereocenters. The van der Waals surface area contributed by atoms with Crippen molar-refractivity contribution in [1.82, 2.24) is 4.90 Å². The minimum absolute atomic E-state index is 0. The molecule has 2 aromatic rings. The molecule has 5 rings (SSSR count). The first-order valence-electron chi connectivity index (χ1n) is 9.74. The summed E-state index contributed by atoms with van der Waals surface area (Å²) >= 11 is 1.91. The largest absolute Gasteiger partial charge is 0.497 e. The molecule has 1 aromatic carbocycles. The van der Waals surface area contributed by atoms with Gasteiger partial charge in [0.1, 0.15) is 5.75 Å². The molecule has 2 nitrogen and oxygen atoms in total. The van der Waals surface area contributed by atoms with Gasteiger partial charge in [0.15, 0.2) is 0 Å². The first-order valence-corrected chi connectivity index (χ1v) is 10.6. The zero-order valence-corrected chi connectivity index (χ0v) is 18.0. The molecule has 2 fully saturated rings. The maximum atomic E-state index is 5.58. The van der Waals surface area contributed by atoms with Crippen LogP contribution < -0.4 is 4.74 Å². The molecule has 1 saturated carbocycles. The molecule has 3 aliphatic rings. The van der Waals surface area contributed by atoms with Gasteiger partial charge in [0.25, 0.3) is 0 Å². The molecule has 1 saturated heterocycles. The quantitative estimate of drug-likeness (QED) is 0.624. The summed E-state index contributed by atoms with van der Waals surface area (Å²) in [5, 5.41) is 2.21. The number of piperidine rings is 1. The Morgan fingerprint density at radius 1 is 1.23 bits per heavy atom. The fourth-order valence-electron chi connectivity index (χ4n) is 5.99. The molecular weight excluding hydrogens is 406 g/mol. The third kappa shape index (κ3) is 2.85. The Morgan fingerprint density at radius 3 is 2.96 bits per heavy atom. The molecule has 2 bridgehead atoms. The van der Waals surface area contributed by atoms with Gasteiger partial charge in [-0.2, -0.15) is 0 Å². The van der Waals surface area contributed by atoms with Crippen molar-refractivity contribution >= 4 is 28.3 Å². The summed E-state index contributed by atoms with van der Waals surface area (Å²) in [5.41, 5.74) is 3.63. The predicted octanol–water partition coefficient (Wildman–Crippen LogP) is 5.59. The van der Waals surface area contributed by atoms with E-state index in [1.54, 1.807) is 18.2 Å². The highest BCUT2D eigenvalue weighted by molar-refractivity contribution is 8.93. The van der Waals surface area contributed by atoms with Crippen molar-refractivity contribution < 1.29 is 4.74 Å². The van der Waals surface area contributed by atoms with E-state index >= 15 is 0 Å². The van der Waals surface area contributed by atoms with Crippen LogP contribution in [0, 0.1) is 5.92 Å². The van der Waals surface area contributed by atoms with E-state index in [0.29, 0.717) is 5.41 Å². The van der Waals surface area contributed by atoms with Gasteiger partial charge < -0.3 is 4.74 Å². The summed E-state index contributed by atoms with van der Waals surface area (Å²) in [6.45, 7) is 2.39. The molecule has 0 N–H and O–H groups in total. The van der Waals surface area contributed by atoms with Gasteiger partial charge in [-0.3, -0.25) is 4.90 Å². The lowest BCUT2D eigenvalue weighted by Gasteiger charge is -2.59. The molecule has 2 aliphatic carbocycles. The van der Waals surface area contributed by atoms with Gasteiger partial charge >= 0.3 is 0 Å². The lowest BCUT2D eigenvalue weighted by atomic mass is 9.52. The van der Waals surface area contributed by atoms with E-state index in [9.17, 15) is 0 Å². The molecule has 4 heteroatoms. The zero-order chi connectivity index (χ0) is 16.9. The lowest BCUT2D eigenvalue weighted by molar-refractivity contribution is -0.0152. The third-order valence-corrected chi connectivity index (χ3v) is 7.96. The van der Waals surface area contributed by atoms with Crippen LogP contribution >= 0.6 is 28.3 Å². The number of nitrogens with zero attached hydrogens (tertiary/aromatic N) is 1.